The number of nitrogens with zero attached hydrogens (tertiary/aromatic N) is 1. The van der Waals surface area contributed by atoms with E-state index in [0.717, 1.165) is 43.6 Å². The lowest BCUT2D eigenvalue weighted by Gasteiger charge is -2.52. The zero-order chi connectivity index (χ0) is 14.3. The van der Waals surface area contributed by atoms with Crippen LogP contribution in [0.3, 0.4) is 0 Å². The van der Waals surface area contributed by atoms with Crippen LogP contribution < -0.4 is 5.32 Å². The van der Waals surface area contributed by atoms with E-state index in [1.165, 1.54) is 0 Å². The van der Waals surface area contributed by atoms with Crippen LogP contribution in [0, 0.1) is 0 Å². The summed E-state index contributed by atoms with van der Waals surface area (Å²) >= 11 is 0. The van der Waals surface area contributed by atoms with Crippen LogP contribution in [-0.2, 0) is 9.47 Å². The van der Waals surface area contributed by atoms with Crippen LogP contribution in [0.1, 0.15) is 26.2 Å². The summed E-state index contributed by atoms with van der Waals surface area (Å²) in [6.07, 6.45) is 3.25. The molecule has 112 valence electrons. The zero-order valence-electron chi connectivity index (χ0n) is 12.2. The SMILES string of the molecule is CCO[C@@H]1C[C@@H](Nc2nc3ccccc3o2)[C@]12CCCO2. The standard InChI is InChI=1S/C16H20N2O3/c1-2-19-14-10-13(16(14)8-5-9-20-16)18-15-17-11-6-3-4-7-12(11)21-15/h3-4,6-7,13-14H,2,5,8-10H2,1H3,(H,17,18)/t13-,14-,16-/m1/s1. The Morgan fingerprint density at radius 1 is 1.43 bits per heavy atom. The van der Waals surface area contributed by atoms with Crippen molar-refractivity contribution in [3.05, 3.63) is 24.3 Å². The van der Waals surface area contributed by atoms with E-state index in [4.69, 9.17) is 13.9 Å². The van der Waals surface area contributed by atoms with E-state index in [2.05, 4.69) is 10.3 Å². The number of rotatable bonds is 4. The van der Waals surface area contributed by atoms with Gasteiger partial charge < -0.3 is 19.2 Å². The maximum atomic E-state index is 6.04. The van der Waals surface area contributed by atoms with Crippen molar-refractivity contribution in [1.82, 2.24) is 4.98 Å². The van der Waals surface area contributed by atoms with Crippen LogP contribution in [-0.4, -0.2) is 35.9 Å². The number of hydrogen-bond acceptors (Lipinski definition) is 5. The van der Waals surface area contributed by atoms with Crippen LogP contribution in [0.2, 0.25) is 0 Å². The molecule has 1 aromatic heterocycles. The predicted octanol–water partition coefficient (Wildman–Crippen LogP) is 2.97. The maximum absolute atomic E-state index is 6.04. The lowest BCUT2D eigenvalue weighted by molar-refractivity contribution is -0.184. The number of anilines is 1. The zero-order valence-corrected chi connectivity index (χ0v) is 12.2. The molecule has 3 atom stereocenters. The quantitative estimate of drug-likeness (QED) is 0.937. The van der Waals surface area contributed by atoms with E-state index in [1.54, 1.807) is 0 Å². The molecule has 0 radical (unpaired) electrons. The first-order chi connectivity index (χ1) is 10.3. The van der Waals surface area contributed by atoms with Crippen molar-refractivity contribution in [3.63, 3.8) is 0 Å². The van der Waals surface area contributed by atoms with Crippen LogP contribution in [0.25, 0.3) is 11.1 Å². The molecule has 2 heterocycles. The van der Waals surface area contributed by atoms with E-state index in [9.17, 15) is 0 Å². The van der Waals surface area contributed by atoms with E-state index < -0.39 is 0 Å². The summed E-state index contributed by atoms with van der Waals surface area (Å²) in [5, 5.41) is 3.41. The highest BCUT2D eigenvalue weighted by Crippen LogP contribution is 2.47. The second-order valence-corrected chi connectivity index (χ2v) is 5.77. The Hall–Kier alpha value is -1.59. The van der Waals surface area contributed by atoms with Crippen LogP contribution in [0.5, 0.6) is 0 Å². The highest BCUT2D eigenvalue weighted by Gasteiger charge is 2.59. The Kier molecular flexibility index (Phi) is 3.12. The average molecular weight is 288 g/mol. The molecule has 1 aliphatic heterocycles. The van der Waals surface area contributed by atoms with Crippen molar-refractivity contribution in [2.24, 2.45) is 0 Å². The molecule has 4 rings (SSSR count). The number of ether oxygens (including phenoxy) is 2. The highest BCUT2D eigenvalue weighted by atomic mass is 16.6. The molecule has 2 aromatic rings. The Balaban J connectivity index is 1.54. The first-order valence-corrected chi connectivity index (χ1v) is 7.69. The molecule has 1 saturated carbocycles. The predicted molar refractivity (Wildman–Crippen MR) is 79.4 cm³/mol. The normalized spacial score (nSPS) is 31.7. The molecule has 5 heteroatoms. The molecule has 0 bridgehead atoms. The lowest BCUT2D eigenvalue weighted by Crippen LogP contribution is -2.66. The third-order valence-corrected chi connectivity index (χ3v) is 4.63. The molecule has 1 saturated heterocycles. The summed E-state index contributed by atoms with van der Waals surface area (Å²) in [5.74, 6) is 0. The van der Waals surface area contributed by atoms with Gasteiger partial charge >= 0.3 is 0 Å². The van der Waals surface area contributed by atoms with Crippen molar-refractivity contribution in [2.75, 3.05) is 18.5 Å². The topological polar surface area (TPSA) is 56.5 Å². The van der Waals surface area contributed by atoms with Gasteiger partial charge in [0.25, 0.3) is 6.01 Å². The van der Waals surface area contributed by atoms with Crippen molar-refractivity contribution >= 4 is 17.1 Å². The molecule has 1 spiro atoms. The van der Waals surface area contributed by atoms with E-state index in [-0.39, 0.29) is 17.7 Å². The van der Waals surface area contributed by atoms with Gasteiger partial charge in [-0.05, 0) is 38.3 Å². The minimum absolute atomic E-state index is 0.187. The fraction of sp³-hybridized carbons (Fsp3) is 0.562. The van der Waals surface area contributed by atoms with Gasteiger partial charge in [0, 0.05) is 13.2 Å². The maximum Gasteiger partial charge on any atom is 0.296 e. The molecule has 21 heavy (non-hydrogen) atoms. The van der Waals surface area contributed by atoms with Crippen LogP contribution in [0.15, 0.2) is 28.7 Å². The largest absolute Gasteiger partial charge is 0.424 e. The van der Waals surface area contributed by atoms with Gasteiger partial charge in [0.1, 0.15) is 11.1 Å². The Bertz CT molecular complexity index is 600. The summed E-state index contributed by atoms with van der Waals surface area (Å²) in [5.41, 5.74) is 1.49. The minimum Gasteiger partial charge on any atom is -0.424 e. The molecular weight excluding hydrogens is 268 g/mol. The fourth-order valence-electron chi connectivity index (χ4n) is 3.56. The number of nitrogens with one attached hydrogen (secondary N) is 1. The third-order valence-electron chi connectivity index (χ3n) is 4.63. The number of aromatic nitrogens is 1. The second-order valence-electron chi connectivity index (χ2n) is 5.77. The van der Waals surface area contributed by atoms with Gasteiger partial charge in [-0.3, -0.25) is 0 Å². The third kappa shape index (κ3) is 2.03. The van der Waals surface area contributed by atoms with Gasteiger partial charge in [0.15, 0.2) is 5.58 Å². The van der Waals surface area contributed by atoms with Crippen molar-refractivity contribution in [2.45, 2.75) is 43.9 Å². The van der Waals surface area contributed by atoms with Gasteiger partial charge in [-0.25, -0.2) is 0 Å². The fourth-order valence-corrected chi connectivity index (χ4v) is 3.56. The molecule has 5 nitrogen and oxygen atoms in total. The number of fused-ring (bicyclic) bond motifs is 1. The second kappa shape index (κ2) is 5.00. The molecular formula is C16H20N2O3. The molecule has 0 amide bonds. The molecule has 2 aliphatic rings. The van der Waals surface area contributed by atoms with Gasteiger partial charge in [-0.1, -0.05) is 12.1 Å². The van der Waals surface area contributed by atoms with Gasteiger partial charge in [0.05, 0.1) is 12.1 Å². The molecule has 2 fully saturated rings. The minimum atomic E-state index is -0.198. The summed E-state index contributed by atoms with van der Waals surface area (Å²) < 4.78 is 17.6. The molecule has 1 aliphatic carbocycles. The van der Waals surface area contributed by atoms with E-state index in [1.807, 2.05) is 31.2 Å². The lowest BCUT2D eigenvalue weighted by atomic mass is 9.70. The number of oxazole rings is 1. The van der Waals surface area contributed by atoms with Crippen LogP contribution >= 0.6 is 0 Å². The molecule has 0 unspecified atom stereocenters. The molecule has 1 N–H and O–H groups in total. The van der Waals surface area contributed by atoms with Crippen molar-refractivity contribution < 1.29 is 13.9 Å². The van der Waals surface area contributed by atoms with Gasteiger partial charge in [-0.2, -0.15) is 4.98 Å². The number of hydrogen-bond donors (Lipinski definition) is 1. The summed E-state index contributed by atoms with van der Waals surface area (Å²) in [6.45, 7) is 3.57. The highest BCUT2D eigenvalue weighted by molar-refractivity contribution is 5.74. The summed E-state index contributed by atoms with van der Waals surface area (Å²) in [4.78, 5) is 4.49. The van der Waals surface area contributed by atoms with E-state index in [0.29, 0.717) is 6.01 Å². The van der Waals surface area contributed by atoms with Gasteiger partial charge in [0.2, 0.25) is 0 Å². The summed E-state index contributed by atoms with van der Waals surface area (Å²) in [6, 6.07) is 8.59. The molecule has 1 aromatic carbocycles. The number of benzene rings is 1. The monoisotopic (exact) mass is 288 g/mol. The van der Waals surface area contributed by atoms with E-state index >= 15 is 0 Å². The van der Waals surface area contributed by atoms with Gasteiger partial charge in [-0.15, -0.1) is 0 Å². The Labute approximate surface area is 123 Å². The van der Waals surface area contributed by atoms with Crippen molar-refractivity contribution in [3.8, 4) is 0 Å². The Morgan fingerprint density at radius 3 is 3.10 bits per heavy atom. The smallest absolute Gasteiger partial charge is 0.296 e. The first-order valence-electron chi connectivity index (χ1n) is 7.69. The van der Waals surface area contributed by atoms with Crippen LogP contribution in [0.4, 0.5) is 6.01 Å². The number of para-hydroxylation sites is 2. The summed E-state index contributed by atoms with van der Waals surface area (Å²) in [7, 11) is 0. The van der Waals surface area contributed by atoms with Crippen molar-refractivity contribution in [1.29, 1.82) is 0 Å². The first kappa shape index (κ1) is 13.1. The Morgan fingerprint density at radius 2 is 2.33 bits per heavy atom. The average Bonchev–Trinajstić information content (AvgIpc) is 3.14.